The highest BCUT2D eigenvalue weighted by atomic mass is 16.6. The minimum atomic E-state index is -0.426. The molecule has 0 heterocycles. The number of benzene rings is 4. The van der Waals surface area contributed by atoms with Crippen molar-refractivity contribution in [2.75, 3.05) is 26.4 Å². The van der Waals surface area contributed by atoms with E-state index >= 15 is 0 Å². The van der Waals surface area contributed by atoms with Gasteiger partial charge in [-0.25, -0.2) is 4.79 Å². The van der Waals surface area contributed by atoms with Crippen LogP contribution < -0.4 is 9.47 Å². The molecule has 2 aliphatic carbocycles. The van der Waals surface area contributed by atoms with Crippen LogP contribution in [0.25, 0.3) is 22.3 Å². The fourth-order valence-electron chi connectivity index (χ4n) is 5.32. The molecule has 0 radical (unpaired) electrons. The molecule has 0 fully saturated rings. The Bertz CT molecular complexity index is 1550. The number of rotatable bonds is 10. The highest BCUT2D eigenvalue weighted by molar-refractivity contribution is 5.87. The van der Waals surface area contributed by atoms with Gasteiger partial charge in [-0.15, -0.1) is 0 Å². The lowest BCUT2D eigenvalue weighted by Crippen LogP contribution is -2.14. The van der Waals surface area contributed by atoms with E-state index in [2.05, 4.69) is 54.6 Å². The number of hydrogen-bond acceptors (Lipinski definition) is 5. The van der Waals surface area contributed by atoms with Gasteiger partial charge < -0.3 is 18.9 Å². The average molecular weight is 519 g/mol. The fourth-order valence-corrected chi connectivity index (χ4v) is 5.32. The summed E-state index contributed by atoms with van der Waals surface area (Å²) < 4.78 is 22.9. The summed E-state index contributed by atoms with van der Waals surface area (Å²) in [5, 5.41) is 0. The van der Waals surface area contributed by atoms with Crippen LogP contribution >= 0.6 is 0 Å². The lowest BCUT2D eigenvalue weighted by atomic mass is 10.1. The van der Waals surface area contributed by atoms with Gasteiger partial charge in [-0.1, -0.05) is 72.8 Å². The van der Waals surface area contributed by atoms with Gasteiger partial charge in [0.15, 0.2) is 0 Å². The molecule has 0 N–H and O–H groups in total. The van der Waals surface area contributed by atoms with Gasteiger partial charge in [0.05, 0.1) is 18.8 Å². The topological polar surface area (TPSA) is 54.0 Å². The second-order valence-electron chi connectivity index (χ2n) is 9.75. The van der Waals surface area contributed by atoms with Crippen molar-refractivity contribution in [1.29, 1.82) is 0 Å². The maximum absolute atomic E-state index is 12.4. The summed E-state index contributed by atoms with van der Waals surface area (Å²) in [7, 11) is 0. The first-order chi connectivity index (χ1) is 19.2. The number of hydrogen-bond donors (Lipinski definition) is 0. The molecule has 0 spiro atoms. The van der Waals surface area contributed by atoms with Crippen molar-refractivity contribution in [3.63, 3.8) is 0 Å². The summed E-state index contributed by atoms with van der Waals surface area (Å²) in [4.78, 5) is 12.4. The predicted molar refractivity (Wildman–Crippen MR) is 151 cm³/mol. The Labute approximate surface area is 228 Å². The first-order valence-corrected chi connectivity index (χ1v) is 13.3. The zero-order valence-electron chi connectivity index (χ0n) is 21.9. The van der Waals surface area contributed by atoms with Crippen molar-refractivity contribution in [2.45, 2.75) is 19.8 Å². The summed E-state index contributed by atoms with van der Waals surface area (Å²) >= 11 is 0. The van der Waals surface area contributed by atoms with Gasteiger partial charge in [0.1, 0.15) is 31.0 Å². The van der Waals surface area contributed by atoms with Crippen molar-refractivity contribution in [3.05, 3.63) is 119 Å². The van der Waals surface area contributed by atoms with E-state index in [9.17, 15) is 4.79 Å². The Kier molecular flexibility index (Phi) is 7.15. The maximum Gasteiger partial charge on any atom is 0.336 e. The molecule has 6 rings (SSSR count). The zero-order valence-corrected chi connectivity index (χ0v) is 21.9. The molecule has 2 aliphatic rings. The molecule has 4 aromatic rings. The van der Waals surface area contributed by atoms with Crippen LogP contribution in [0.2, 0.25) is 0 Å². The average Bonchev–Trinajstić information content (AvgIpc) is 3.54. The molecule has 0 unspecified atom stereocenters. The molecule has 0 aliphatic heterocycles. The molecule has 0 amide bonds. The number of esters is 1. The molecule has 196 valence electrons. The Balaban J connectivity index is 0.927. The van der Waals surface area contributed by atoms with E-state index in [1.54, 1.807) is 6.92 Å². The van der Waals surface area contributed by atoms with Crippen molar-refractivity contribution in [1.82, 2.24) is 0 Å². The summed E-state index contributed by atoms with van der Waals surface area (Å²) in [6.45, 7) is 2.99. The lowest BCUT2D eigenvalue weighted by molar-refractivity contribution is -0.140. The van der Waals surface area contributed by atoms with Crippen LogP contribution in [-0.4, -0.2) is 32.4 Å². The Hall–Kier alpha value is -4.35. The minimum Gasteiger partial charge on any atom is -0.491 e. The molecule has 0 aromatic heterocycles. The molecule has 4 aromatic carbocycles. The van der Waals surface area contributed by atoms with Gasteiger partial charge in [-0.3, -0.25) is 0 Å². The molecule has 0 saturated carbocycles. The summed E-state index contributed by atoms with van der Waals surface area (Å²) in [5.41, 5.74) is 10.3. The molecule has 5 nitrogen and oxygen atoms in total. The monoisotopic (exact) mass is 518 g/mol. The number of ether oxygens (including phenoxy) is 4. The SMILES string of the molecule is CC(=COc1cccc2c1Cc1ccccc1-2)C(=O)OCCOCCOc1cccc2c1Cc1ccccc1-2. The van der Waals surface area contributed by atoms with Crippen LogP contribution in [0.5, 0.6) is 11.5 Å². The van der Waals surface area contributed by atoms with Gasteiger partial charge in [-0.2, -0.15) is 0 Å². The highest BCUT2D eigenvalue weighted by Crippen LogP contribution is 2.42. The van der Waals surface area contributed by atoms with Crippen LogP contribution in [0.1, 0.15) is 29.2 Å². The van der Waals surface area contributed by atoms with Crippen molar-refractivity contribution < 1.29 is 23.7 Å². The quantitative estimate of drug-likeness (QED) is 0.0869. The van der Waals surface area contributed by atoms with Crippen molar-refractivity contribution in [3.8, 4) is 33.8 Å². The zero-order chi connectivity index (χ0) is 26.6. The molecule has 0 bridgehead atoms. The molecule has 39 heavy (non-hydrogen) atoms. The predicted octanol–water partition coefficient (Wildman–Crippen LogP) is 6.75. The van der Waals surface area contributed by atoms with E-state index in [1.807, 2.05) is 30.3 Å². The third-order valence-corrected chi connectivity index (χ3v) is 7.25. The normalized spacial score (nSPS) is 12.8. The van der Waals surface area contributed by atoms with E-state index < -0.39 is 5.97 Å². The van der Waals surface area contributed by atoms with E-state index in [-0.39, 0.29) is 6.61 Å². The second kappa shape index (κ2) is 11.2. The first kappa shape index (κ1) is 25.0. The van der Waals surface area contributed by atoms with Crippen molar-refractivity contribution in [2.24, 2.45) is 0 Å². The van der Waals surface area contributed by atoms with Crippen LogP contribution in [0, 0.1) is 0 Å². The number of carbonyl (C=O) groups is 1. The largest absolute Gasteiger partial charge is 0.491 e. The smallest absolute Gasteiger partial charge is 0.336 e. The second-order valence-corrected chi connectivity index (χ2v) is 9.75. The fraction of sp³-hybridized carbons (Fsp3) is 0.206. The van der Waals surface area contributed by atoms with Gasteiger partial charge in [-0.05, 0) is 52.4 Å². The third kappa shape index (κ3) is 5.18. The van der Waals surface area contributed by atoms with Gasteiger partial charge in [0.2, 0.25) is 0 Å². The molecule has 5 heteroatoms. The summed E-state index contributed by atoms with van der Waals surface area (Å²) in [5.74, 6) is 1.23. The van der Waals surface area contributed by atoms with E-state index in [4.69, 9.17) is 18.9 Å². The Morgan fingerprint density at radius 2 is 1.23 bits per heavy atom. The molecular weight excluding hydrogens is 488 g/mol. The molecular formula is C34H30O5. The number of carbonyl (C=O) groups excluding carboxylic acids is 1. The van der Waals surface area contributed by atoms with Gasteiger partial charge in [0.25, 0.3) is 0 Å². The van der Waals surface area contributed by atoms with Crippen molar-refractivity contribution >= 4 is 5.97 Å². The molecule has 0 saturated heterocycles. The molecule has 0 atom stereocenters. The first-order valence-electron chi connectivity index (χ1n) is 13.3. The Morgan fingerprint density at radius 1 is 0.667 bits per heavy atom. The van der Waals surface area contributed by atoms with Gasteiger partial charge >= 0.3 is 5.97 Å². The van der Waals surface area contributed by atoms with Crippen LogP contribution in [0.3, 0.4) is 0 Å². The summed E-state index contributed by atoms with van der Waals surface area (Å²) in [6.07, 6.45) is 3.17. The number of fused-ring (bicyclic) bond motifs is 6. The summed E-state index contributed by atoms with van der Waals surface area (Å²) in [6, 6.07) is 29.0. The third-order valence-electron chi connectivity index (χ3n) is 7.25. The lowest BCUT2D eigenvalue weighted by Gasteiger charge is -2.11. The standard InChI is InChI=1S/C34H30O5/c1-23(22-39-33-15-7-13-29-27-11-5-3-9-25(27)21-31(29)33)34(35)38-19-17-36-16-18-37-32-14-6-12-28-26-10-4-2-8-24(26)20-30(28)32/h2-15,22H,16-21H2,1H3. The van der Waals surface area contributed by atoms with E-state index in [1.165, 1.54) is 45.2 Å². The van der Waals surface area contributed by atoms with Crippen LogP contribution in [0.15, 0.2) is 96.8 Å². The van der Waals surface area contributed by atoms with E-state index in [0.717, 1.165) is 29.9 Å². The van der Waals surface area contributed by atoms with Crippen LogP contribution in [-0.2, 0) is 27.1 Å². The Morgan fingerprint density at radius 3 is 1.92 bits per heavy atom. The minimum absolute atomic E-state index is 0.163. The van der Waals surface area contributed by atoms with Gasteiger partial charge in [0, 0.05) is 24.0 Å². The maximum atomic E-state index is 12.4. The highest BCUT2D eigenvalue weighted by Gasteiger charge is 2.22. The van der Waals surface area contributed by atoms with Crippen LogP contribution in [0.4, 0.5) is 0 Å². The van der Waals surface area contributed by atoms with E-state index in [0.29, 0.717) is 25.4 Å².